The fourth-order valence-corrected chi connectivity index (χ4v) is 2.35. The van der Waals surface area contributed by atoms with Gasteiger partial charge in [0.1, 0.15) is 11.7 Å². The monoisotopic (exact) mass is 269 g/mol. The Morgan fingerprint density at radius 1 is 1.50 bits per heavy atom. The molecule has 8 heteroatoms. The van der Waals surface area contributed by atoms with E-state index in [-0.39, 0.29) is 30.0 Å². The van der Waals surface area contributed by atoms with Gasteiger partial charge in [0.25, 0.3) is 0 Å². The second-order valence-corrected chi connectivity index (χ2v) is 4.53. The molecular formula is C10H12ClN5O2. The van der Waals surface area contributed by atoms with Crippen LogP contribution in [0.2, 0.25) is 5.15 Å². The third kappa shape index (κ3) is 1.80. The molecule has 3 rings (SSSR count). The van der Waals surface area contributed by atoms with Gasteiger partial charge in [0.2, 0.25) is 5.95 Å². The van der Waals surface area contributed by atoms with E-state index in [0.29, 0.717) is 11.2 Å². The maximum absolute atomic E-state index is 9.07. The summed E-state index contributed by atoms with van der Waals surface area (Å²) >= 11 is 5.95. The maximum Gasteiger partial charge on any atom is 0.223 e. The van der Waals surface area contributed by atoms with Crippen LogP contribution < -0.4 is 5.73 Å². The van der Waals surface area contributed by atoms with Crippen molar-refractivity contribution in [2.45, 2.75) is 25.2 Å². The number of aliphatic hydroxyl groups excluding tert-OH is 1. The van der Waals surface area contributed by atoms with Gasteiger partial charge in [-0.05, 0) is 12.8 Å². The van der Waals surface area contributed by atoms with E-state index in [1.807, 2.05) is 0 Å². The molecular weight excluding hydrogens is 258 g/mol. The van der Waals surface area contributed by atoms with Crippen molar-refractivity contribution >= 4 is 28.7 Å². The summed E-state index contributed by atoms with van der Waals surface area (Å²) in [6.07, 6.45) is 2.86. The van der Waals surface area contributed by atoms with Crippen LogP contribution in [0, 0.1) is 0 Å². The first-order valence-electron chi connectivity index (χ1n) is 5.61. The lowest BCUT2D eigenvalue weighted by molar-refractivity contribution is -0.0207. The summed E-state index contributed by atoms with van der Waals surface area (Å²) in [5.74, 6) is 0.103. The summed E-state index contributed by atoms with van der Waals surface area (Å²) in [4.78, 5) is 12.1. The van der Waals surface area contributed by atoms with E-state index < -0.39 is 0 Å². The highest BCUT2D eigenvalue weighted by atomic mass is 35.5. The molecule has 0 amide bonds. The Labute approximate surface area is 108 Å². The van der Waals surface area contributed by atoms with Gasteiger partial charge in [0.15, 0.2) is 10.8 Å². The molecule has 7 nitrogen and oxygen atoms in total. The highest BCUT2D eigenvalue weighted by molar-refractivity contribution is 6.33. The van der Waals surface area contributed by atoms with Crippen molar-refractivity contribution in [3.63, 3.8) is 0 Å². The highest BCUT2D eigenvalue weighted by Gasteiger charge is 2.27. The number of aromatic nitrogens is 4. The molecule has 3 heterocycles. The van der Waals surface area contributed by atoms with Gasteiger partial charge < -0.3 is 15.6 Å². The van der Waals surface area contributed by atoms with E-state index in [1.165, 1.54) is 0 Å². The SMILES string of the molecule is Nc1nc(Cl)c2ncn(C3CC[C@@H](CO)O3)c2n1. The van der Waals surface area contributed by atoms with Crippen LogP contribution in [0.1, 0.15) is 19.1 Å². The molecule has 2 aromatic rings. The molecule has 0 radical (unpaired) electrons. The largest absolute Gasteiger partial charge is 0.394 e. The number of hydrogen-bond donors (Lipinski definition) is 2. The van der Waals surface area contributed by atoms with Gasteiger partial charge in [-0.25, -0.2) is 4.98 Å². The fourth-order valence-electron chi connectivity index (χ4n) is 2.13. The number of nitrogens with two attached hydrogens (primary N) is 1. The number of anilines is 1. The second-order valence-electron chi connectivity index (χ2n) is 4.17. The minimum Gasteiger partial charge on any atom is -0.394 e. The highest BCUT2D eigenvalue weighted by Crippen LogP contribution is 2.31. The maximum atomic E-state index is 9.07. The number of nitrogens with zero attached hydrogens (tertiary/aromatic N) is 4. The molecule has 2 atom stereocenters. The topological polar surface area (TPSA) is 99.1 Å². The van der Waals surface area contributed by atoms with E-state index in [4.69, 9.17) is 27.2 Å². The third-order valence-corrected chi connectivity index (χ3v) is 3.26. The smallest absolute Gasteiger partial charge is 0.223 e. The van der Waals surface area contributed by atoms with Crippen LogP contribution in [-0.4, -0.2) is 37.3 Å². The summed E-state index contributed by atoms with van der Waals surface area (Å²) in [7, 11) is 0. The van der Waals surface area contributed by atoms with Gasteiger partial charge in [0, 0.05) is 0 Å². The molecule has 18 heavy (non-hydrogen) atoms. The van der Waals surface area contributed by atoms with Crippen LogP contribution in [0.15, 0.2) is 6.33 Å². The molecule has 0 bridgehead atoms. The summed E-state index contributed by atoms with van der Waals surface area (Å²) in [5.41, 5.74) is 6.63. The Kier molecular flexibility index (Phi) is 2.81. The molecule has 2 aromatic heterocycles. The van der Waals surface area contributed by atoms with E-state index in [1.54, 1.807) is 10.9 Å². The molecule has 1 aliphatic rings. The fraction of sp³-hybridized carbons (Fsp3) is 0.500. The Bertz CT molecular complexity index is 587. The Hall–Kier alpha value is -1.44. The van der Waals surface area contributed by atoms with Gasteiger partial charge in [-0.3, -0.25) is 4.57 Å². The summed E-state index contributed by atoms with van der Waals surface area (Å²) in [6, 6.07) is 0. The zero-order valence-electron chi connectivity index (χ0n) is 9.45. The predicted molar refractivity (Wildman–Crippen MR) is 65.0 cm³/mol. The van der Waals surface area contributed by atoms with Gasteiger partial charge in [-0.15, -0.1) is 0 Å². The zero-order chi connectivity index (χ0) is 12.7. The summed E-state index contributed by atoms with van der Waals surface area (Å²) in [5, 5.41) is 9.30. The van der Waals surface area contributed by atoms with Crippen molar-refractivity contribution in [3.05, 3.63) is 11.5 Å². The minimum atomic E-state index is -0.197. The first-order chi connectivity index (χ1) is 8.69. The standard InChI is InChI=1S/C10H12ClN5O2/c11-8-7-9(15-10(12)14-8)16(4-13-7)6-2-1-5(3-17)18-6/h4-6,17H,1-3H2,(H2,12,14,15)/t5-,6?/m0/s1. The number of halogens is 1. The number of ether oxygens (including phenoxy) is 1. The number of imidazole rings is 1. The van der Waals surface area contributed by atoms with Gasteiger partial charge >= 0.3 is 0 Å². The first-order valence-corrected chi connectivity index (χ1v) is 5.98. The van der Waals surface area contributed by atoms with Crippen LogP contribution >= 0.6 is 11.6 Å². The van der Waals surface area contributed by atoms with Crippen molar-refractivity contribution < 1.29 is 9.84 Å². The zero-order valence-corrected chi connectivity index (χ0v) is 10.2. The molecule has 0 aliphatic carbocycles. The lowest BCUT2D eigenvalue weighted by atomic mass is 10.2. The summed E-state index contributed by atoms with van der Waals surface area (Å²) < 4.78 is 7.44. The molecule has 1 saturated heterocycles. The molecule has 1 unspecified atom stereocenters. The molecule has 0 spiro atoms. The van der Waals surface area contributed by atoms with Gasteiger partial charge in [-0.1, -0.05) is 11.6 Å². The molecule has 0 aromatic carbocycles. The van der Waals surface area contributed by atoms with Crippen LogP contribution in [0.5, 0.6) is 0 Å². The second kappa shape index (κ2) is 4.34. The lowest BCUT2D eigenvalue weighted by Crippen LogP contribution is -2.14. The number of hydrogen-bond acceptors (Lipinski definition) is 6. The number of fused-ring (bicyclic) bond motifs is 1. The molecule has 96 valence electrons. The predicted octanol–water partition coefficient (Wildman–Crippen LogP) is 0.732. The molecule has 1 aliphatic heterocycles. The van der Waals surface area contributed by atoms with Crippen molar-refractivity contribution in [3.8, 4) is 0 Å². The Morgan fingerprint density at radius 3 is 3.06 bits per heavy atom. The average molecular weight is 270 g/mol. The first kappa shape index (κ1) is 11.6. The van der Waals surface area contributed by atoms with Crippen molar-refractivity contribution in [2.24, 2.45) is 0 Å². The Balaban J connectivity index is 2.03. The lowest BCUT2D eigenvalue weighted by Gasteiger charge is -2.13. The molecule has 1 fully saturated rings. The van der Waals surface area contributed by atoms with E-state index in [2.05, 4.69) is 15.0 Å². The number of nitrogen functional groups attached to an aromatic ring is 1. The minimum absolute atomic E-state index is 0.0149. The van der Waals surface area contributed by atoms with E-state index in [0.717, 1.165) is 12.8 Å². The quantitative estimate of drug-likeness (QED) is 0.780. The number of aliphatic hydroxyl groups is 1. The number of rotatable bonds is 2. The van der Waals surface area contributed by atoms with Crippen molar-refractivity contribution in [1.29, 1.82) is 0 Å². The molecule has 3 N–H and O–H groups in total. The van der Waals surface area contributed by atoms with Crippen molar-refractivity contribution in [1.82, 2.24) is 19.5 Å². The third-order valence-electron chi connectivity index (χ3n) is 3.00. The van der Waals surface area contributed by atoms with Crippen LogP contribution in [0.25, 0.3) is 11.2 Å². The van der Waals surface area contributed by atoms with Gasteiger partial charge in [-0.2, -0.15) is 9.97 Å². The van der Waals surface area contributed by atoms with Gasteiger partial charge in [0.05, 0.1) is 19.0 Å². The van der Waals surface area contributed by atoms with E-state index in [9.17, 15) is 0 Å². The van der Waals surface area contributed by atoms with Crippen LogP contribution in [-0.2, 0) is 4.74 Å². The average Bonchev–Trinajstić information content (AvgIpc) is 2.93. The van der Waals surface area contributed by atoms with Crippen LogP contribution in [0.4, 0.5) is 5.95 Å². The van der Waals surface area contributed by atoms with Crippen molar-refractivity contribution in [2.75, 3.05) is 12.3 Å². The summed E-state index contributed by atoms with van der Waals surface area (Å²) in [6.45, 7) is 0.0149. The molecule has 0 saturated carbocycles. The van der Waals surface area contributed by atoms with E-state index >= 15 is 0 Å². The van der Waals surface area contributed by atoms with Crippen LogP contribution in [0.3, 0.4) is 0 Å². The normalized spacial score (nSPS) is 23.9. The Morgan fingerprint density at radius 2 is 2.33 bits per heavy atom.